The highest BCUT2D eigenvalue weighted by Crippen LogP contribution is 2.28. The second kappa shape index (κ2) is 3.50. The molecule has 1 aromatic heterocycles. The standard InChI is InChI=1S/C10H11NO2S2/c1-15(12,13)6-9-4-7-2-3-8(11)5-10(7)14-9/h2-5H,6,11H2,1H3. The number of sulfone groups is 1. The van der Waals surface area contributed by atoms with Crippen LogP contribution in [0, 0.1) is 0 Å². The maximum atomic E-state index is 11.1. The van der Waals surface area contributed by atoms with Crippen molar-refractivity contribution in [1.29, 1.82) is 0 Å². The molecule has 0 saturated carbocycles. The van der Waals surface area contributed by atoms with Crippen LogP contribution in [0.25, 0.3) is 10.1 Å². The molecule has 80 valence electrons. The molecule has 0 aliphatic rings. The first-order valence-corrected chi connectivity index (χ1v) is 7.27. The molecule has 1 aromatic carbocycles. The summed E-state index contributed by atoms with van der Waals surface area (Å²) in [7, 11) is -2.96. The largest absolute Gasteiger partial charge is 0.399 e. The molecule has 5 heteroatoms. The zero-order valence-electron chi connectivity index (χ0n) is 8.23. The highest BCUT2D eigenvalue weighted by Gasteiger charge is 2.08. The molecule has 2 rings (SSSR count). The first kappa shape index (κ1) is 10.4. The number of thiophene rings is 1. The fourth-order valence-corrected chi connectivity index (χ4v) is 3.82. The Hall–Kier alpha value is -1.07. The van der Waals surface area contributed by atoms with Gasteiger partial charge in [0.25, 0.3) is 0 Å². The lowest BCUT2D eigenvalue weighted by Crippen LogP contribution is -1.98. The van der Waals surface area contributed by atoms with E-state index in [9.17, 15) is 8.42 Å². The third-order valence-corrected chi connectivity index (χ3v) is 4.12. The molecule has 1 heterocycles. The van der Waals surface area contributed by atoms with E-state index in [-0.39, 0.29) is 5.75 Å². The molecule has 0 saturated heterocycles. The van der Waals surface area contributed by atoms with Gasteiger partial charge in [0.1, 0.15) is 0 Å². The van der Waals surface area contributed by atoms with Crippen molar-refractivity contribution >= 4 is 36.9 Å². The maximum absolute atomic E-state index is 11.1. The van der Waals surface area contributed by atoms with Crippen LogP contribution in [0.5, 0.6) is 0 Å². The molecule has 3 nitrogen and oxygen atoms in total. The number of anilines is 1. The minimum atomic E-state index is -2.96. The molecule has 0 fully saturated rings. The van der Waals surface area contributed by atoms with E-state index in [4.69, 9.17) is 5.73 Å². The number of nitrogen functional groups attached to an aromatic ring is 1. The fourth-order valence-electron chi connectivity index (χ4n) is 1.43. The number of nitrogens with two attached hydrogens (primary N) is 1. The zero-order valence-corrected chi connectivity index (χ0v) is 9.86. The third kappa shape index (κ3) is 2.49. The summed E-state index contributed by atoms with van der Waals surface area (Å²) in [6.07, 6.45) is 1.24. The monoisotopic (exact) mass is 241 g/mol. The van der Waals surface area contributed by atoms with Crippen LogP contribution in [0.1, 0.15) is 4.88 Å². The molecule has 0 aliphatic heterocycles. The number of benzene rings is 1. The smallest absolute Gasteiger partial charge is 0.152 e. The summed E-state index contributed by atoms with van der Waals surface area (Å²) in [5.41, 5.74) is 6.35. The number of fused-ring (bicyclic) bond motifs is 1. The number of hydrogen-bond acceptors (Lipinski definition) is 4. The Balaban J connectivity index is 2.48. The predicted molar refractivity (Wildman–Crippen MR) is 64.8 cm³/mol. The van der Waals surface area contributed by atoms with Crippen molar-refractivity contribution in [1.82, 2.24) is 0 Å². The van der Waals surface area contributed by atoms with Gasteiger partial charge in [0.2, 0.25) is 0 Å². The second-order valence-electron chi connectivity index (χ2n) is 3.58. The van der Waals surface area contributed by atoms with Gasteiger partial charge in [-0.05, 0) is 23.6 Å². The molecule has 0 aliphatic carbocycles. The molecule has 0 amide bonds. The highest BCUT2D eigenvalue weighted by atomic mass is 32.2. The number of hydrogen-bond donors (Lipinski definition) is 1. The van der Waals surface area contributed by atoms with Crippen molar-refractivity contribution in [3.63, 3.8) is 0 Å². The molecule has 2 aromatic rings. The molecular weight excluding hydrogens is 230 g/mol. The summed E-state index contributed by atoms with van der Waals surface area (Å²) in [5.74, 6) is 0.103. The van der Waals surface area contributed by atoms with Gasteiger partial charge < -0.3 is 5.73 Å². The quantitative estimate of drug-likeness (QED) is 0.818. The molecule has 0 bridgehead atoms. The van der Waals surface area contributed by atoms with Crippen LogP contribution >= 0.6 is 11.3 Å². The van der Waals surface area contributed by atoms with E-state index in [1.54, 1.807) is 0 Å². The van der Waals surface area contributed by atoms with E-state index in [0.29, 0.717) is 5.69 Å². The molecule has 0 unspecified atom stereocenters. The zero-order chi connectivity index (χ0) is 11.1. The lowest BCUT2D eigenvalue weighted by molar-refractivity contribution is 0.601. The van der Waals surface area contributed by atoms with Crippen LogP contribution in [0.4, 0.5) is 5.69 Å². The van der Waals surface area contributed by atoms with Gasteiger partial charge in [0.15, 0.2) is 9.84 Å². The van der Waals surface area contributed by atoms with Crippen molar-refractivity contribution in [3.8, 4) is 0 Å². The van der Waals surface area contributed by atoms with Gasteiger partial charge in [-0.3, -0.25) is 0 Å². The summed E-state index contributed by atoms with van der Waals surface area (Å²) in [4.78, 5) is 0.859. The summed E-state index contributed by atoms with van der Waals surface area (Å²) in [6.45, 7) is 0. The molecular formula is C10H11NO2S2. The van der Waals surface area contributed by atoms with E-state index >= 15 is 0 Å². The lowest BCUT2D eigenvalue weighted by Gasteiger charge is -1.91. The average Bonchev–Trinajstić information content (AvgIpc) is 2.42. The molecule has 0 radical (unpaired) electrons. The first-order valence-electron chi connectivity index (χ1n) is 4.40. The van der Waals surface area contributed by atoms with Crippen LogP contribution in [0.15, 0.2) is 24.3 Å². The SMILES string of the molecule is CS(=O)(=O)Cc1cc2ccc(N)cc2s1. The Labute approximate surface area is 92.4 Å². The Kier molecular flexibility index (Phi) is 2.44. The van der Waals surface area contributed by atoms with Crippen molar-refractivity contribution < 1.29 is 8.42 Å². The van der Waals surface area contributed by atoms with Gasteiger partial charge in [-0.15, -0.1) is 11.3 Å². The lowest BCUT2D eigenvalue weighted by atomic mass is 10.2. The fraction of sp³-hybridized carbons (Fsp3) is 0.200. The minimum Gasteiger partial charge on any atom is -0.399 e. The van der Waals surface area contributed by atoms with Crippen molar-refractivity contribution in [2.24, 2.45) is 0 Å². The van der Waals surface area contributed by atoms with Crippen molar-refractivity contribution in [2.45, 2.75) is 5.75 Å². The molecule has 0 spiro atoms. The first-order chi connectivity index (χ1) is 6.94. The van der Waals surface area contributed by atoms with Gasteiger partial charge in [0.05, 0.1) is 5.75 Å². The second-order valence-corrected chi connectivity index (χ2v) is 6.89. The number of rotatable bonds is 2. The van der Waals surface area contributed by atoms with Gasteiger partial charge in [-0.2, -0.15) is 0 Å². The van der Waals surface area contributed by atoms with E-state index < -0.39 is 9.84 Å². The maximum Gasteiger partial charge on any atom is 0.152 e. The van der Waals surface area contributed by atoms with Gasteiger partial charge in [0, 0.05) is 21.5 Å². The molecule has 0 atom stereocenters. The van der Waals surface area contributed by atoms with E-state index in [1.807, 2.05) is 24.3 Å². The Morgan fingerprint density at radius 2 is 2.07 bits per heavy atom. The summed E-state index contributed by atoms with van der Waals surface area (Å²) in [5, 5.41) is 1.05. The molecule has 2 N–H and O–H groups in total. The van der Waals surface area contributed by atoms with Crippen LogP contribution in [0.2, 0.25) is 0 Å². The topological polar surface area (TPSA) is 60.2 Å². The van der Waals surface area contributed by atoms with Crippen LogP contribution in [-0.4, -0.2) is 14.7 Å². The molecule has 15 heavy (non-hydrogen) atoms. The summed E-state index contributed by atoms with van der Waals surface area (Å²) >= 11 is 1.48. The predicted octanol–water partition coefficient (Wildman–Crippen LogP) is 2.03. The Morgan fingerprint density at radius 3 is 2.73 bits per heavy atom. The summed E-state index contributed by atoms with van der Waals surface area (Å²) < 4.78 is 23.3. The Bertz CT molecular complexity index is 599. The van der Waals surface area contributed by atoms with Gasteiger partial charge >= 0.3 is 0 Å². The average molecular weight is 241 g/mol. The highest BCUT2D eigenvalue weighted by molar-refractivity contribution is 7.90. The van der Waals surface area contributed by atoms with E-state index in [2.05, 4.69) is 0 Å². The summed E-state index contributed by atoms with van der Waals surface area (Å²) in [6, 6.07) is 7.50. The Morgan fingerprint density at radius 1 is 1.33 bits per heavy atom. The van der Waals surface area contributed by atoms with E-state index in [0.717, 1.165) is 15.0 Å². The third-order valence-electron chi connectivity index (χ3n) is 2.00. The normalized spacial score (nSPS) is 12.1. The van der Waals surface area contributed by atoms with Gasteiger partial charge in [-0.1, -0.05) is 6.07 Å². The minimum absolute atomic E-state index is 0.103. The van der Waals surface area contributed by atoms with Gasteiger partial charge in [-0.25, -0.2) is 8.42 Å². The van der Waals surface area contributed by atoms with Crippen molar-refractivity contribution in [2.75, 3.05) is 12.0 Å². The van der Waals surface area contributed by atoms with Crippen LogP contribution < -0.4 is 5.73 Å². The van der Waals surface area contributed by atoms with Crippen molar-refractivity contribution in [3.05, 3.63) is 29.1 Å². The van der Waals surface area contributed by atoms with Crippen LogP contribution in [-0.2, 0) is 15.6 Å². The van der Waals surface area contributed by atoms with E-state index in [1.165, 1.54) is 17.6 Å². The van der Waals surface area contributed by atoms with Crippen LogP contribution in [0.3, 0.4) is 0 Å².